The van der Waals surface area contributed by atoms with Crippen molar-refractivity contribution in [3.63, 3.8) is 0 Å². The summed E-state index contributed by atoms with van der Waals surface area (Å²) < 4.78 is 29.9. The van der Waals surface area contributed by atoms with E-state index in [0.29, 0.717) is 15.6 Å². The second-order valence-corrected chi connectivity index (χ2v) is 5.81. The van der Waals surface area contributed by atoms with E-state index in [4.69, 9.17) is 23.2 Å². The normalized spacial score (nSPS) is 10.8. The van der Waals surface area contributed by atoms with Crippen LogP contribution in [-0.2, 0) is 6.54 Å². The molecule has 0 aliphatic rings. The average Bonchev–Trinajstić information content (AvgIpc) is 2.42. The van der Waals surface area contributed by atoms with Crippen molar-refractivity contribution >= 4 is 44.8 Å². The van der Waals surface area contributed by atoms with Crippen LogP contribution in [0.15, 0.2) is 40.9 Å². The topological polar surface area (TPSA) is 21.3 Å². The summed E-state index contributed by atoms with van der Waals surface area (Å²) in [6.07, 6.45) is 0. The van der Waals surface area contributed by atoms with Gasteiger partial charge in [0, 0.05) is 27.3 Å². The molecule has 2 aromatic carbocycles. The Morgan fingerprint density at radius 2 is 1.90 bits per heavy atom. The summed E-state index contributed by atoms with van der Waals surface area (Å²) in [4.78, 5) is 0. The first-order valence-corrected chi connectivity index (χ1v) is 7.43. The van der Waals surface area contributed by atoms with E-state index in [9.17, 15) is 8.78 Å². The molecular formula is C14H10BrCl2F2NO. The molecule has 0 aliphatic heterocycles. The standard InChI is InChI=1S/C14H10BrCl2F2NO/c15-11-6-10(2-3-12(11)17)20-7-8-5-9(16)1-4-13(8)21-14(18)19/h1-6,14,20H,7H2. The summed E-state index contributed by atoms with van der Waals surface area (Å²) in [5, 5.41) is 4.14. The van der Waals surface area contributed by atoms with Gasteiger partial charge < -0.3 is 10.1 Å². The largest absolute Gasteiger partial charge is 0.434 e. The number of benzene rings is 2. The molecule has 0 unspecified atom stereocenters. The van der Waals surface area contributed by atoms with Gasteiger partial charge in [-0.05, 0) is 52.3 Å². The van der Waals surface area contributed by atoms with Gasteiger partial charge in [-0.1, -0.05) is 23.2 Å². The third-order valence-electron chi connectivity index (χ3n) is 2.64. The van der Waals surface area contributed by atoms with Crippen molar-refractivity contribution in [2.45, 2.75) is 13.2 Å². The van der Waals surface area contributed by atoms with Gasteiger partial charge in [0.05, 0.1) is 5.02 Å². The van der Waals surface area contributed by atoms with Crippen LogP contribution in [0.2, 0.25) is 10.0 Å². The highest BCUT2D eigenvalue weighted by Gasteiger charge is 2.10. The number of hydrogen-bond donors (Lipinski definition) is 1. The van der Waals surface area contributed by atoms with Crippen molar-refractivity contribution in [3.8, 4) is 5.75 Å². The van der Waals surface area contributed by atoms with E-state index in [1.54, 1.807) is 24.3 Å². The smallest absolute Gasteiger partial charge is 0.387 e. The van der Waals surface area contributed by atoms with Crippen LogP contribution in [0, 0.1) is 0 Å². The Bertz CT molecular complexity index is 640. The number of halogens is 5. The number of alkyl halides is 2. The average molecular weight is 397 g/mol. The van der Waals surface area contributed by atoms with Gasteiger partial charge >= 0.3 is 6.61 Å². The Hall–Kier alpha value is -1.04. The van der Waals surface area contributed by atoms with Gasteiger partial charge in [-0.3, -0.25) is 0 Å². The van der Waals surface area contributed by atoms with Gasteiger partial charge in [0.2, 0.25) is 0 Å². The SMILES string of the molecule is FC(F)Oc1ccc(Cl)cc1CNc1ccc(Cl)c(Br)c1. The Morgan fingerprint density at radius 1 is 1.14 bits per heavy atom. The highest BCUT2D eigenvalue weighted by atomic mass is 79.9. The Labute approximate surface area is 139 Å². The minimum atomic E-state index is -2.88. The molecule has 0 saturated heterocycles. The molecule has 0 fully saturated rings. The predicted molar refractivity (Wildman–Crippen MR) is 84.6 cm³/mol. The quantitative estimate of drug-likeness (QED) is 0.672. The van der Waals surface area contributed by atoms with E-state index in [1.807, 2.05) is 0 Å². The number of anilines is 1. The molecule has 0 saturated carbocycles. The second-order valence-electron chi connectivity index (χ2n) is 4.11. The summed E-state index contributed by atoms with van der Waals surface area (Å²) in [5.74, 6) is 0.0925. The molecule has 0 spiro atoms. The molecule has 0 aliphatic carbocycles. The molecule has 0 atom stereocenters. The lowest BCUT2D eigenvalue weighted by Gasteiger charge is -2.13. The van der Waals surface area contributed by atoms with Crippen molar-refractivity contribution in [1.29, 1.82) is 0 Å². The second kappa shape index (κ2) is 7.29. The summed E-state index contributed by atoms with van der Waals surface area (Å²) >= 11 is 15.1. The van der Waals surface area contributed by atoms with Crippen molar-refractivity contribution in [3.05, 3.63) is 56.5 Å². The number of hydrogen-bond acceptors (Lipinski definition) is 2. The first-order valence-electron chi connectivity index (χ1n) is 5.88. The summed E-state index contributed by atoms with van der Waals surface area (Å²) in [5.41, 5.74) is 1.32. The molecule has 2 nitrogen and oxygen atoms in total. The third-order valence-corrected chi connectivity index (χ3v) is 4.09. The molecule has 0 radical (unpaired) electrons. The van der Waals surface area contributed by atoms with E-state index in [1.165, 1.54) is 12.1 Å². The van der Waals surface area contributed by atoms with E-state index >= 15 is 0 Å². The van der Waals surface area contributed by atoms with Crippen LogP contribution in [-0.4, -0.2) is 6.61 Å². The first-order chi connectivity index (χ1) is 9.95. The molecule has 0 amide bonds. The Morgan fingerprint density at radius 3 is 2.57 bits per heavy atom. The van der Waals surface area contributed by atoms with Crippen LogP contribution >= 0.6 is 39.1 Å². The maximum absolute atomic E-state index is 12.4. The zero-order chi connectivity index (χ0) is 15.4. The maximum Gasteiger partial charge on any atom is 0.387 e. The molecule has 2 rings (SSSR count). The summed E-state index contributed by atoms with van der Waals surface area (Å²) in [7, 11) is 0. The minimum Gasteiger partial charge on any atom is -0.434 e. The number of ether oxygens (including phenoxy) is 1. The molecule has 0 bridgehead atoms. The van der Waals surface area contributed by atoms with Crippen LogP contribution in [0.25, 0.3) is 0 Å². The van der Waals surface area contributed by atoms with Gasteiger partial charge in [0.25, 0.3) is 0 Å². The van der Waals surface area contributed by atoms with Gasteiger partial charge in [0.15, 0.2) is 0 Å². The zero-order valence-corrected chi connectivity index (χ0v) is 13.6. The van der Waals surface area contributed by atoms with E-state index < -0.39 is 6.61 Å². The maximum atomic E-state index is 12.4. The zero-order valence-electron chi connectivity index (χ0n) is 10.5. The lowest BCUT2D eigenvalue weighted by Crippen LogP contribution is -2.07. The molecule has 2 aromatic rings. The van der Waals surface area contributed by atoms with Gasteiger partial charge in [-0.15, -0.1) is 0 Å². The number of rotatable bonds is 5. The summed E-state index contributed by atoms with van der Waals surface area (Å²) in [6.45, 7) is -2.59. The fourth-order valence-corrected chi connectivity index (χ4v) is 2.39. The van der Waals surface area contributed by atoms with Crippen LogP contribution in [0.4, 0.5) is 14.5 Å². The Balaban J connectivity index is 2.14. The number of nitrogens with one attached hydrogen (secondary N) is 1. The van der Waals surface area contributed by atoms with Crippen molar-refractivity contribution in [2.75, 3.05) is 5.32 Å². The van der Waals surface area contributed by atoms with E-state index in [0.717, 1.165) is 10.2 Å². The lowest BCUT2D eigenvalue weighted by atomic mass is 10.2. The first kappa shape index (κ1) is 16.3. The fraction of sp³-hybridized carbons (Fsp3) is 0.143. The van der Waals surface area contributed by atoms with Gasteiger partial charge in [0.1, 0.15) is 5.75 Å². The van der Waals surface area contributed by atoms with Crippen molar-refractivity contribution < 1.29 is 13.5 Å². The molecule has 1 N–H and O–H groups in total. The monoisotopic (exact) mass is 395 g/mol. The molecule has 7 heteroatoms. The molecule has 0 heterocycles. The Kier molecular flexibility index (Phi) is 5.67. The summed E-state index contributed by atoms with van der Waals surface area (Å²) in [6, 6.07) is 9.80. The van der Waals surface area contributed by atoms with E-state index in [2.05, 4.69) is 26.0 Å². The van der Waals surface area contributed by atoms with Gasteiger partial charge in [-0.25, -0.2) is 0 Å². The van der Waals surface area contributed by atoms with E-state index in [-0.39, 0.29) is 12.3 Å². The minimum absolute atomic E-state index is 0.0925. The molecule has 0 aromatic heterocycles. The van der Waals surface area contributed by atoms with Crippen LogP contribution in [0.1, 0.15) is 5.56 Å². The lowest BCUT2D eigenvalue weighted by molar-refractivity contribution is -0.0504. The van der Waals surface area contributed by atoms with Crippen LogP contribution in [0.5, 0.6) is 5.75 Å². The predicted octanol–water partition coefficient (Wildman–Crippen LogP) is 5.97. The van der Waals surface area contributed by atoms with Gasteiger partial charge in [-0.2, -0.15) is 8.78 Å². The van der Waals surface area contributed by atoms with Crippen molar-refractivity contribution in [2.24, 2.45) is 0 Å². The molecule has 112 valence electrons. The fourth-order valence-electron chi connectivity index (χ4n) is 1.70. The molecular weight excluding hydrogens is 387 g/mol. The van der Waals surface area contributed by atoms with Crippen molar-refractivity contribution in [1.82, 2.24) is 0 Å². The third kappa shape index (κ3) is 4.73. The highest BCUT2D eigenvalue weighted by molar-refractivity contribution is 9.10. The van der Waals surface area contributed by atoms with Crippen LogP contribution in [0.3, 0.4) is 0 Å². The highest BCUT2D eigenvalue weighted by Crippen LogP contribution is 2.28. The van der Waals surface area contributed by atoms with Crippen LogP contribution < -0.4 is 10.1 Å². The molecule has 21 heavy (non-hydrogen) atoms.